The first-order chi connectivity index (χ1) is 24.0. The molecule has 15 heteroatoms. The van der Waals surface area contributed by atoms with Gasteiger partial charge >= 0.3 is 12.0 Å². The number of anilines is 1. The van der Waals surface area contributed by atoms with E-state index in [1.165, 1.54) is 25.3 Å². The van der Waals surface area contributed by atoms with E-state index in [-0.39, 0.29) is 17.5 Å². The van der Waals surface area contributed by atoms with Crippen LogP contribution in [-0.2, 0) is 25.0 Å². The van der Waals surface area contributed by atoms with Crippen molar-refractivity contribution in [2.24, 2.45) is 5.92 Å². The highest BCUT2D eigenvalue weighted by Gasteiger charge is 2.44. The standard InChI is InChI=1S/C36H49F3N6O6/c1-22(29(43-34(49)51-35(2,3)4)32(47)45-18-16-44(5)17-19-45)24-12-14-27(26(37)20-24)41-31(46)30(23-10-8-7-9-11-23)42-33(48)36(38,39)25-13-15-28(50-6)40-21-25/h12-15,20-23,29-30H,7-11,16-19H2,1-6H3,(H,41,46)(H,42,48)(H,43,49). The summed E-state index contributed by atoms with van der Waals surface area (Å²) in [6.07, 6.45) is 3.46. The average molecular weight is 719 g/mol. The SMILES string of the molecule is COc1ccc(C(F)(F)C(=O)NC(C(=O)Nc2ccc(C(C)C(NC(=O)OC(C)(C)C)C(=O)N3CCN(C)CC3)cc2F)C2CCCCC2)cn1. The number of ether oxygens (including phenoxy) is 2. The summed E-state index contributed by atoms with van der Waals surface area (Å²) < 4.78 is 56.5. The zero-order valence-corrected chi connectivity index (χ0v) is 30.1. The summed E-state index contributed by atoms with van der Waals surface area (Å²) in [5.41, 5.74) is -1.37. The molecular formula is C36H49F3N6O6. The van der Waals surface area contributed by atoms with Crippen molar-refractivity contribution in [2.75, 3.05) is 45.7 Å². The number of alkyl carbamates (subject to hydrolysis) is 1. The van der Waals surface area contributed by atoms with Crippen LogP contribution < -0.4 is 20.7 Å². The summed E-state index contributed by atoms with van der Waals surface area (Å²) in [7, 11) is 3.28. The molecule has 3 unspecified atom stereocenters. The number of halogens is 3. The molecule has 1 aliphatic heterocycles. The van der Waals surface area contributed by atoms with Crippen LogP contribution in [0, 0.1) is 11.7 Å². The zero-order valence-electron chi connectivity index (χ0n) is 30.1. The highest BCUT2D eigenvalue weighted by Crippen LogP contribution is 2.32. The van der Waals surface area contributed by atoms with Crippen LogP contribution in [0.4, 0.5) is 23.7 Å². The number of likely N-dealkylation sites (N-methyl/N-ethyl adjacent to an activating group) is 1. The fourth-order valence-electron chi connectivity index (χ4n) is 6.29. The maximum Gasteiger partial charge on any atom is 0.408 e. The molecule has 51 heavy (non-hydrogen) atoms. The summed E-state index contributed by atoms with van der Waals surface area (Å²) in [6, 6.07) is 3.75. The van der Waals surface area contributed by atoms with Crippen molar-refractivity contribution in [3.8, 4) is 5.88 Å². The average Bonchev–Trinajstić information content (AvgIpc) is 3.09. The van der Waals surface area contributed by atoms with Crippen molar-refractivity contribution in [3.05, 3.63) is 53.5 Å². The van der Waals surface area contributed by atoms with Crippen molar-refractivity contribution in [1.29, 1.82) is 0 Å². The molecule has 2 aliphatic rings. The van der Waals surface area contributed by atoms with Gasteiger partial charge in [-0.05, 0) is 70.3 Å². The lowest BCUT2D eigenvalue weighted by molar-refractivity contribution is -0.149. The van der Waals surface area contributed by atoms with Crippen molar-refractivity contribution >= 4 is 29.5 Å². The first kappa shape index (κ1) is 39.4. The number of nitrogens with zero attached hydrogens (tertiary/aromatic N) is 3. The Morgan fingerprint density at radius 2 is 1.63 bits per heavy atom. The minimum atomic E-state index is -4.01. The van der Waals surface area contributed by atoms with Gasteiger partial charge in [0, 0.05) is 49.9 Å². The number of nitrogens with one attached hydrogen (secondary N) is 3. The van der Waals surface area contributed by atoms with Crippen LogP contribution in [0.2, 0.25) is 0 Å². The molecule has 12 nitrogen and oxygen atoms in total. The van der Waals surface area contributed by atoms with E-state index in [4.69, 9.17) is 9.47 Å². The van der Waals surface area contributed by atoms with Gasteiger partial charge in [-0.3, -0.25) is 14.4 Å². The molecule has 4 amide bonds. The summed E-state index contributed by atoms with van der Waals surface area (Å²) in [5, 5.41) is 7.39. The Kier molecular flexibility index (Phi) is 12.9. The lowest BCUT2D eigenvalue weighted by Gasteiger charge is -2.36. The molecule has 2 heterocycles. The normalized spacial score (nSPS) is 17.9. The Balaban J connectivity index is 1.53. The fraction of sp³-hybridized carbons (Fsp3) is 0.583. The topological polar surface area (TPSA) is 142 Å². The third-order valence-corrected chi connectivity index (χ3v) is 9.31. The highest BCUT2D eigenvalue weighted by atomic mass is 19.3. The van der Waals surface area contributed by atoms with Gasteiger partial charge in [-0.15, -0.1) is 0 Å². The van der Waals surface area contributed by atoms with E-state index in [2.05, 4.69) is 25.8 Å². The Morgan fingerprint density at radius 3 is 2.20 bits per heavy atom. The number of piperazine rings is 1. The molecule has 1 aromatic carbocycles. The van der Waals surface area contributed by atoms with Crippen LogP contribution in [0.1, 0.15) is 76.8 Å². The number of hydrogen-bond acceptors (Lipinski definition) is 8. The van der Waals surface area contributed by atoms with Gasteiger partial charge in [0.25, 0.3) is 5.91 Å². The van der Waals surface area contributed by atoms with Gasteiger partial charge in [0.1, 0.15) is 23.5 Å². The van der Waals surface area contributed by atoms with Gasteiger partial charge in [-0.1, -0.05) is 32.3 Å². The molecular weight excluding hydrogens is 669 g/mol. The van der Waals surface area contributed by atoms with Crippen molar-refractivity contribution in [3.63, 3.8) is 0 Å². The van der Waals surface area contributed by atoms with E-state index in [0.29, 0.717) is 44.6 Å². The lowest BCUT2D eigenvalue weighted by Crippen LogP contribution is -2.56. The van der Waals surface area contributed by atoms with E-state index in [0.717, 1.165) is 37.6 Å². The largest absolute Gasteiger partial charge is 0.481 e. The number of pyridine rings is 1. The van der Waals surface area contributed by atoms with Crippen LogP contribution in [0.25, 0.3) is 0 Å². The number of benzene rings is 1. The Hall–Kier alpha value is -4.40. The summed E-state index contributed by atoms with van der Waals surface area (Å²) >= 11 is 0. The van der Waals surface area contributed by atoms with Crippen LogP contribution in [0.3, 0.4) is 0 Å². The summed E-state index contributed by atoms with van der Waals surface area (Å²) in [4.78, 5) is 60.6. The van der Waals surface area contributed by atoms with E-state index < -0.39 is 64.7 Å². The third kappa shape index (κ3) is 10.3. The smallest absolute Gasteiger partial charge is 0.408 e. The lowest BCUT2D eigenvalue weighted by atomic mass is 9.83. The highest BCUT2D eigenvalue weighted by molar-refractivity contribution is 5.98. The second-order valence-electron chi connectivity index (χ2n) is 14.3. The van der Waals surface area contributed by atoms with Crippen LogP contribution >= 0.6 is 0 Å². The molecule has 2 aromatic rings. The molecule has 0 radical (unpaired) electrons. The summed E-state index contributed by atoms with van der Waals surface area (Å²) in [6.45, 7) is 8.99. The van der Waals surface area contributed by atoms with E-state index >= 15 is 13.2 Å². The molecule has 1 saturated carbocycles. The van der Waals surface area contributed by atoms with Crippen LogP contribution in [0.5, 0.6) is 5.88 Å². The Bertz CT molecular complexity index is 1540. The van der Waals surface area contributed by atoms with Gasteiger partial charge in [-0.25, -0.2) is 14.2 Å². The second-order valence-corrected chi connectivity index (χ2v) is 14.3. The van der Waals surface area contributed by atoms with Gasteiger partial charge in [0.2, 0.25) is 17.7 Å². The van der Waals surface area contributed by atoms with Crippen LogP contribution in [0.15, 0.2) is 36.5 Å². The minimum Gasteiger partial charge on any atom is -0.481 e. The van der Waals surface area contributed by atoms with E-state index in [9.17, 15) is 19.2 Å². The maximum atomic E-state index is 15.7. The number of carbonyl (C=O) groups excluding carboxylic acids is 4. The van der Waals surface area contributed by atoms with Gasteiger partial charge < -0.3 is 35.2 Å². The third-order valence-electron chi connectivity index (χ3n) is 9.31. The molecule has 3 N–H and O–H groups in total. The Labute approximate surface area is 296 Å². The molecule has 1 saturated heterocycles. The monoisotopic (exact) mass is 718 g/mol. The van der Waals surface area contributed by atoms with Crippen molar-refractivity contribution in [2.45, 2.75) is 89.3 Å². The maximum absolute atomic E-state index is 15.7. The van der Waals surface area contributed by atoms with E-state index in [1.807, 2.05) is 7.05 Å². The first-order valence-corrected chi connectivity index (χ1v) is 17.3. The molecule has 2 fully saturated rings. The predicted octanol–water partition coefficient (Wildman–Crippen LogP) is 4.80. The molecule has 1 aliphatic carbocycles. The molecule has 1 aromatic heterocycles. The number of hydrogen-bond donors (Lipinski definition) is 3. The summed E-state index contributed by atoms with van der Waals surface area (Å²) in [5.74, 6) is -8.80. The number of amides is 4. The van der Waals surface area contributed by atoms with Crippen molar-refractivity contribution in [1.82, 2.24) is 25.4 Å². The molecule has 4 rings (SSSR count). The molecule has 0 bridgehead atoms. The molecule has 0 spiro atoms. The second kappa shape index (κ2) is 16.7. The predicted molar refractivity (Wildman–Crippen MR) is 184 cm³/mol. The minimum absolute atomic E-state index is 0.0910. The molecule has 280 valence electrons. The quantitative estimate of drug-likeness (QED) is 0.301. The first-order valence-electron chi connectivity index (χ1n) is 17.3. The number of aromatic nitrogens is 1. The number of carbonyl (C=O) groups is 4. The van der Waals surface area contributed by atoms with Crippen LogP contribution in [-0.4, -0.2) is 96.6 Å². The Morgan fingerprint density at radius 1 is 0.961 bits per heavy atom. The molecule has 3 atom stereocenters. The van der Waals surface area contributed by atoms with Crippen molar-refractivity contribution < 1.29 is 41.8 Å². The fourth-order valence-corrected chi connectivity index (χ4v) is 6.29. The van der Waals surface area contributed by atoms with Gasteiger partial charge in [-0.2, -0.15) is 8.78 Å². The number of alkyl halides is 2. The van der Waals surface area contributed by atoms with Gasteiger partial charge in [0.05, 0.1) is 12.8 Å². The number of rotatable bonds is 11. The zero-order chi connectivity index (χ0) is 37.5. The van der Waals surface area contributed by atoms with Gasteiger partial charge in [0.15, 0.2) is 0 Å². The number of methoxy groups -OCH3 is 1. The van der Waals surface area contributed by atoms with E-state index in [1.54, 1.807) is 32.6 Å².